The Morgan fingerprint density at radius 2 is 2.14 bits per heavy atom. The normalized spacial score (nSPS) is 13.9. The van der Waals surface area contributed by atoms with Crippen LogP contribution in [0, 0.1) is 0 Å². The van der Waals surface area contributed by atoms with Crippen molar-refractivity contribution in [3.8, 4) is 0 Å². The average Bonchev–Trinajstić information content (AvgIpc) is 2.40. The van der Waals surface area contributed by atoms with E-state index in [0.29, 0.717) is 0 Å². The molecule has 0 saturated heterocycles. The van der Waals surface area contributed by atoms with E-state index in [1.807, 2.05) is 30.5 Å². The first-order chi connectivity index (χ1) is 6.90. The fourth-order valence-electron chi connectivity index (χ4n) is 1.39. The third-order valence-corrected chi connectivity index (χ3v) is 2.08. The fourth-order valence-corrected chi connectivity index (χ4v) is 1.39. The van der Waals surface area contributed by atoms with E-state index in [-0.39, 0.29) is 0 Å². The lowest BCUT2D eigenvalue weighted by atomic mass is 10.2. The number of fused-ring (bicyclic) bond motifs is 1. The molecule has 0 fully saturated rings. The summed E-state index contributed by atoms with van der Waals surface area (Å²) in [6.07, 6.45) is 3.82. The molecule has 14 heavy (non-hydrogen) atoms. The van der Waals surface area contributed by atoms with Crippen molar-refractivity contribution in [3.63, 3.8) is 0 Å². The predicted octanol–water partition coefficient (Wildman–Crippen LogP) is 2.45. The number of amidine groups is 1. The first-order valence-corrected chi connectivity index (χ1v) is 4.86. The van der Waals surface area contributed by atoms with E-state index in [4.69, 9.17) is 0 Å². The highest BCUT2D eigenvalue weighted by atomic mass is 15.3. The molecule has 3 nitrogen and oxygen atoms in total. The number of nitrogens with zero attached hydrogens (tertiary/aromatic N) is 2. The molecule has 1 aliphatic rings. The molecule has 1 aromatic rings. The minimum absolute atomic E-state index is 0.936. The number of hydrogen-bond acceptors (Lipinski definition) is 3. The summed E-state index contributed by atoms with van der Waals surface area (Å²) in [6, 6.07) is 8.00. The lowest BCUT2D eigenvalue weighted by Crippen LogP contribution is -2.15. The number of rotatable bonds is 2. The maximum Gasteiger partial charge on any atom is 0.122 e. The molecule has 1 heterocycles. The Hall–Kier alpha value is -1.64. The van der Waals surface area contributed by atoms with Crippen LogP contribution in [-0.2, 0) is 0 Å². The van der Waals surface area contributed by atoms with Crippen molar-refractivity contribution in [2.45, 2.75) is 19.8 Å². The van der Waals surface area contributed by atoms with Crippen LogP contribution in [0.2, 0.25) is 0 Å². The summed E-state index contributed by atoms with van der Waals surface area (Å²) in [4.78, 5) is 4.51. The second-order valence-corrected chi connectivity index (χ2v) is 3.24. The predicted molar refractivity (Wildman–Crippen MR) is 59.2 cm³/mol. The van der Waals surface area contributed by atoms with E-state index in [2.05, 4.69) is 22.4 Å². The molecular formula is C11H13N3. The molecule has 1 aliphatic heterocycles. The summed E-state index contributed by atoms with van der Waals surface area (Å²) in [5.41, 5.74) is 5.00. The number of nitrogens with one attached hydrogen (secondary N) is 1. The van der Waals surface area contributed by atoms with Crippen LogP contribution in [0.15, 0.2) is 34.4 Å². The number of para-hydroxylation sites is 1. The molecule has 0 amide bonds. The smallest absolute Gasteiger partial charge is 0.122 e. The first-order valence-electron chi connectivity index (χ1n) is 4.86. The van der Waals surface area contributed by atoms with Crippen LogP contribution in [0.3, 0.4) is 0 Å². The molecule has 0 aliphatic carbocycles. The largest absolute Gasteiger partial charge is 0.265 e. The number of benzene rings is 1. The minimum atomic E-state index is 0.936. The number of hydrogen-bond donors (Lipinski definition) is 1. The first kappa shape index (κ1) is 8.94. The van der Waals surface area contributed by atoms with Gasteiger partial charge in [0, 0.05) is 12.0 Å². The van der Waals surface area contributed by atoms with Crippen molar-refractivity contribution in [2.75, 3.05) is 0 Å². The van der Waals surface area contributed by atoms with Gasteiger partial charge in [0.05, 0.1) is 11.9 Å². The molecular weight excluding hydrogens is 174 g/mol. The van der Waals surface area contributed by atoms with Gasteiger partial charge in [-0.25, -0.2) is 4.99 Å². The molecule has 0 atom stereocenters. The van der Waals surface area contributed by atoms with Gasteiger partial charge in [-0.3, -0.25) is 5.43 Å². The van der Waals surface area contributed by atoms with Crippen molar-refractivity contribution in [2.24, 2.45) is 10.1 Å². The Kier molecular flexibility index (Phi) is 2.58. The Morgan fingerprint density at radius 3 is 3.00 bits per heavy atom. The topological polar surface area (TPSA) is 36.8 Å². The van der Waals surface area contributed by atoms with Crippen molar-refractivity contribution < 1.29 is 0 Å². The zero-order chi connectivity index (χ0) is 9.80. The van der Waals surface area contributed by atoms with Crippen molar-refractivity contribution in [1.29, 1.82) is 0 Å². The molecule has 0 unspecified atom stereocenters. The summed E-state index contributed by atoms with van der Waals surface area (Å²) >= 11 is 0. The lowest BCUT2D eigenvalue weighted by molar-refractivity contribution is 0.914. The average molecular weight is 187 g/mol. The fraction of sp³-hybridized carbons (Fsp3) is 0.273. The molecule has 0 bridgehead atoms. The quantitative estimate of drug-likeness (QED) is 0.758. The van der Waals surface area contributed by atoms with Crippen LogP contribution in [0.25, 0.3) is 0 Å². The molecule has 0 aromatic heterocycles. The van der Waals surface area contributed by atoms with E-state index < -0.39 is 0 Å². The standard InChI is InChI=1S/C11H13N3/c1-2-5-11-13-10-7-4-3-6-9(10)8-12-14-11/h3-4,6-8H,2,5H2,1H3,(H,13,14). The Morgan fingerprint density at radius 1 is 1.29 bits per heavy atom. The number of aliphatic imine (C=N–C) groups is 1. The molecule has 0 spiro atoms. The van der Waals surface area contributed by atoms with Gasteiger partial charge in [-0.15, -0.1) is 0 Å². The van der Waals surface area contributed by atoms with Crippen LogP contribution >= 0.6 is 0 Å². The highest BCUT2D eigenvalue weighted by Gasteiger charge is 2.04. The van der Waals surface area contributed by atoms with Gasteiger partial charge in [-0.1, -0.05) is 25.1 Å². The molecule has 1 N–H and O–H groups in total. The van der Waals surface area contributed by atoms with Crippen LogP contribution in [0.4, 0.5) is 5.69 Å². The van der Waals surface area contributed by atoms with Gasteiger partial charge in [0.25, 0.3) is 0 Å². The van der Waals surface area contributed by atoms with Gasteiger partial charge in [0.1, 0.15) is 5.84 Å². The number of hydrazone groups is 1. The van der Waals surface area contributed by atoms with Crippen LogP contribution < -0.4 is 5.43 Å². The van der Waals surface area contributed by atoms with Gasteiger partial charge in [0.2, 0.25) is 0 Å². The molecule has 2 rings (SSSR count). The molecule has 0 radical (unpaired) electrons. The van der Waals surface area contributed by atoms with Crippen LogP contribution in [0.1, 0.15) is 25.3 Å². The SMILES string of the molecule is CCCC1=Nc2ccccc2C=NN1. The maximum atomic E-state index is 4.51. The third-order valence-electron chi connectivity index (χ3n) is 2.08. The van der Waals surface area contributed by atoms with Gasteiger partial charge < -0.3 is 0 Å². The van der Waals surface area contributed by atoms with Crippen molar-refractivity contribution in [3.05, 3.63) is 29.8 Å². The molecule has 1 aromatic carbocycles. The highest BCUT2D eigenvalue weighted by molar-refractivity contribution is 5.94. The summed E-state index contributed by atoms with van der Waals surface area (Å²) in [5, 5.41) is 4.11. The zero-order valence-corrected chi connectivity index (χ0v) is 8.20. The lowest BCUT2D eigenvalue weighted by Gasteiger charge is -2.01. The molecule has 3 heteroatoms. The zero-order valence-electron chi connectivity index (χ0n) is 8.20. The Balaban J connectivity index is 2.37. The second-order valence-electron chi connectivity index (χ2n) is 3.24. The van der Waals surface area contributed by atoms with Crippen LogP contribution in [0.5, 0.6) is 0 Å². The maximum absolute atomic E-state index is 4.51. The summed E-state index contributed by atoms with van der Waals surface area (Å²) in [7, 11) is 0. The second kappa shape index (κ2) is 4.05. The van der Waals surface area contributed by atoms with Gasteiger partial charge in [-0.2, -0.15) is 5.10 Å². The molecule has 0 saturated carbocycles. The van der Waals surface area contributed by atoms with Gasteiger partial charge >= 0.3 is 0 Å². The van der Waals surface area contributed by atoms with Crippen molar-refractivity contribution >= 4 is 17.7 Å². The molecule has 72 valence electrons. The van der Waals surface area contributed by atoms with Crippen LogP contribution in [-0.4, -0.2) is 12.1 Å². The van der Waals surface area contributed by atoms with Crippen molar-refractivity contribution in [1.82, 2.24) is 5.43 Å². The third kappa shape index (κ3) is 1.82. The van der Waals surface area contributed by atoms with E-state index >= 15 is 0 Å². The Labute approximate surface area is 83.6 Å². The van der Waals surface area contributed by atoms with E-state index in [0.717, 1.165) is 29.9 Å². The van der Waals surface area contributed by atoms with E-state index in [9.17, 15) is 0 Å². The monoisotopic (exact) mass is 187 g/mol. The van der Waals surface area contributed by atoms with Gasteiger partial charge in [-0.05, 0) is 12.5 Å². The minimum Gasteiger partial charge on any atom is -0.265 e. The Bertz CT molecular complexity index is 380. The summed E-state index contributed by atoms with van der Waals surface area (Å²) in [5.74, 6) is 0.939. The van der Waals surface area contributed by atoms with E-state index in [1.54, 1.807) is 0 Å². The highest BCUT2D eigenvalue weighted by Crippen LogP contribution is 2.18. The van der Waals surface area contributed by atoms with Gasteiger partial charge in [0.15, 0.2) is 0 Å². The van der Waals surface area contributed by atoms with E-state index in [1.165, 1.54) is 0 Å². The summed E-state index contributed by atoms with van der Waals surface area (Å²) in [6.45, 7) is 2.13. The summed E-state index contributed by atoms with van der Waals surface area (Å²) < 4.78 is 0.